The van der Waals surface area contributed by atoms with Gasteiger partial charge in [-0.2, -0.15) is 0 Å². The lowest BCUT2D eigenvalue weighted by Gasteiger charge is -2.17. The van der Waals surface area contributed by atoms with E-state index < -0.39 is 11.6 Å². The van der Waals surface area contributed by atoms with Gasteiger partial charge >= 0.3 is 0 Å². The van der Waals surface area contributed by atoms with Gasteiger partial charge in [-0.25, -0.2) is 8.78 Å². The van der Waals surface area contributed by atoms with Crippen LogP contribution in [0.5, 0.6) is 0 Å². The van der Waals surface area contributed by atoms with E-state index in [9.17, 15) is 13.6 Å². The van der Waals surface area contributed by atoms with E-state index in [4.69, 9.17) is 0 Å². The third kappa shape index (κ3) is 3.08. The summed E-state index contributed by atoms with van der Waals surface area (Å²) in [7, 11) is 0. The van der Waals surface area contributed by atoms with Crippen molar-refractivity contribution in [3.05, 3.63) is 29.3 Å². The number of nitrogens with one attached hydrogen (secondary N) is 1. The fourth-order valence-corrected chi connectivity index (χ4v) is 2.42. The third-order valence-corrected chi connectivity index (χ3v) is 3.55. The molecule has 1 N–H and O–H groups in total. The van der Waals surface area contributed by atoms with Gasteiger partial charge in [0.15, 0.2) is 0 Å². The summed E-state index contributed by atoms with van der Waals surface area (Å²) in [5.74, 6) is -1.28. The predicted octanol–water partition coefficient (Wildman–Crippen LogP) is 3.27. The summed E-state index contributed by atoms with van der Waals surface area (Å²) in [6, 6.07) is 2.23. The lowest BCUT2D eigenvalue weighted by molar-refractivity contribution is 0.0787. The van der Waals surface area contributed by atoms with Crippen LogP contribution in [0.4, 0.5) is 14.5 Å². The molecule has 1 aliphatic heterocycles. The van der Waals surface area contributed by atoms with Crippen LogP contribution in [0.1, 0.15) is 37.0 Å². The summed E-state index contributed by atoms with van der Waals surface area (Å²) in [5.41, 5.74) is -0.0747. The zero-order valence-corrected chi connectivity index (χ0v) is 11.9. The van der Waals surface area contributed by atoms with E-state index in [2.05, 4.69) is 12.2 Å². The monoisotopic (exact) mass is 282 g/mol. The molecule has 1 aromatic carbocycles. The Morgan fingerprint density at radius 3 is 2.55 bits per heavy atom. The molecule has 2 rings (SSSR count). The fourth-order valence-electron chi connectivity index (χ4n) is 2.42. The van der Waals surface area contributed by atoms with Gasteiger partial charge in [0.05, 0.1) is 0 Å². The Hall–Kier alpha value is -1.65. The SMILES string of the molecule is CCCNc1c(F)cc(C(=O)N2CCC(C)C2)cc1F. The number of carbonyl (C=O) groups is 1. The van der Waals surface area contributed by atoms with Gasteiger partial charge in [0, 0.05) is 25.2 Å². The van der Waals surface area contributed by atoms with Crippen molar-refractivity contribution in [3.63, 3.8) is 0 Å². The van der Waals surface area contributed by atoms with Crippen LogP contribution in [0.2, 0.25) is 0 Å². The quantitative estimate of drug-likeness (QED) is 0.919. The van der Waals surface area contributed by atoms with Crippen LogP contribution in [-0.4, -0.2) is 30.4 Å². The molecule has 0 saturated carbocycles. The van der Waals surface area contributed by atoms with Gasteiger partial charge in [-0.1, -0.05) is 13.8 Å². The largest absolute Gasteiger partial charge is 0.380 e. The van der Waals surface area contributed by atoms with Gasteiger partial charge in [0.2, 0.25) is 0 Å². The summed E-state index contributed by atoms with van der Waals surface area (Å²) in [6.07, 6.45) is 1.71. The highest BCUT2D eigenvalue weighted by Gasteiger charge is 2.25. The molecule has 1 aromatic rings. The Morgan fingerprint density at radius 1 is 1.40 bits per heavy atom. The molecule has 1 fully saturated rings. The Labute approximate surface area is 118 Å². The molecule has 110 valence electrons. The molecule has 0 aliphatic carbocycles. The molecule has 3 nitrogen and oxygen atoms in total. The molecule has 1 unspecified atom stereocenters. The number of benzene rings is 1. The molecule has 1 heterocycles. The van der Waals surface area contributed by atoms with Crippen molar-refractivity contribution in [2.75, 3.05) is 25.0 Å². The average Bonchev–Trinajstić information content (AvgIpc) is 2.83. The first-order valence-corrected chi connectivity index (χ1v) is 7.05. The zero-order valence-electron chi connectivity index (χ0n) is 11.9. The van der Waals surface area contributed by atoms with Gasteiger partial charge in [-0.3, -0.25) is 4.79 Å². The Kier molecular flexibility index (Phi) is 4.57. The summed E-state index contributed by atoms with van der Waals surface area (Å²) in [6.45, 7) is 5.77. The highest BCUT2D eigenvalue weighted by Crippen LogP contribution is 2.23. The van der Waals surface area contributed by atoms with Crippen molar-refractivity contribution in [2.24, 2.45) is 5.92 Å². The maximum atomic E-state index is 13.9. The van der Waals surface area contributed by atoms with Crippen molar-refractivity contribution in [1.29, 1.82) is 0 Å². The van der Waals surface area contributed by atoms with E-state index in [0.717, 1.165) is 25.0 Å². The van der Waals surface area contributed by atoms with Crippen molar-refractivity contribution >= 4 is 11.6 Å². The summed E-state index contributed by atoms with van der Waals surface area (Å²) in [5, 5.41) is 2.70. The summed E-state index contributed by atoms with van der Waals surface area (Å²) in [4.78, 5) is 13.8. The number of halogens is 2. The molecule has 20 heavy (non-hydrogen) atoms. The molecule has 1 amide bonds. The highest BCUT2D eigenvalue weighted by atomic mass is 19.1. The molecule has 0 radical (unpaired) electrons. The van der Waals surface area contributed by atoms with Crippen LogP contribution in [-0.2, 0) is 0 Å². The molecule has 1 atom stereocenters. The molecule has 0 aromatic heterocycles. The molecule has 0 spiro atoms. The van der Waals surface area contributed by atoms with Gasteiger partial charge in [0.1, 0.15) is 17.3 Å². The second kappa shape index (κ2) is 6.20. The van der Waals surface area contributed by atoms with E-state index in [0.29, 0.717) is 25.6 Å². The Bertz CT molecular complexity index is 482. The first-order chi connectivity index (χ1) is 9.52. The fraction of sp³-hybridized carbons (Fsp3) is 0.533. The van der Waals surface area contributed by atoms with Crippen molar-refractivity contribution in [2.45, 2.75) is 26.7 Å². The molecule has 0 bridgehead atoms. The van der Waals surface area contributed by atoms with Crippen LogP contribution < -0.4 is 5.32 Å². The number of hydrogen-bond donors (Lipinski definition) is 1. The van der Waals surface area contributed by atoms with Crippen LogP contribution in [0, 0.1) is 17.6 Å². The van der Waals surface area contributed by atoms with Crippen LogP contribution in [0.15, 0.2) is 12.1 Å². The number of likely N-dealkylation sites (tertiary alicyclic amines) is 1. The predicted molar refractivity (Wildman–Crippen MR) is 74.8 cm³/mol. The summed E-state index contributed by atoms with van der Waals surface area (Å²) < 4.78 is 27.8. The number of carbonyl (C=O) groups excluding carboxylic acids is 1. The van der Waals surface area contributed by atoms with Crippen LogP contribution in [0.25, 0.3) is 0 Å². The van der Waals surface area contributed by atoms with Gasteiger partial charge in [-0.05, 0) is 30.9 Å². The molecular formula is C15H20F2N2O. The number of rotatable bonds is 4. The van der Waals surface area contributed by atoms with E-state index in [-0.39, 0.29) is 17.2 Å². The normalized spacial score (nSPS) is 18.4. The van der Waals surface area contributed by atoms with Crippen LogP contribution in [0.3, 0.4) is 0 Å². The lowest BCUT2D eigenvalue weighted by Crippen LogP contribution is -2.28. The van der Waals surface area contributed by atoms with E-state index >= 15 is 0 Å². The Balaban J connectivity index is 2.19. The molecular weight excluding hydrogens is 262 g/mol. The highest BCUT2D eigenvalue weighted by molar-refractivity contribution is 5.94. The minimum atomic E-state index is -0.714. The maximum Gasteiger partial charge on any atom is 0.254 e. The van der Waals surface area contributed by atoms with Crippen molar-refractivity contribution in [1.82, 2.24) is 4.90 Å². The smallest absolute Gasteiger partial charge is 0.254 e. The molecule has 5 heteroatoms. The molecule has 1 saturated heterocycles. The molecule has 1 aliphatic rings. The minimum Gasteiger partial charge on any atom is -0.380 e. The minimum absolute atomic E-state index is 0.0798. The van der Waals surface area contributed by atoms with E-state index in [1.54, 1.807) is 4.90 Å². The van der Waals surface area contributed by atoms with Crippen LogP contribution >= 0.6 is 0 Å². The van der Waals surface area contributed by atoms with Crippen molar-refractivity contribution < 1.29 is 13.6 Å². The number of nitrogens with zero attached hydrogens (tertiary/aromatic N) is 1. The topological polar surface area (TPSA) is 32.3 Å². The lowest BCUT2D eigenvalue weighted by atomic mass is 10.1. The number of hydrogen-bond acceptors (Lipinski definition) is 2. The van der Waals surface area contributed by atoms with Gasteiger partial charge in [-0.15, -0.1) is 0 Å². The third-order valence-electron chi connectivity index (χ3n) is 3.55. The standard InChI is InChI=1S/C15H20F2N2O/c1-3-5-18-14-12(16)7-11(8-13(14)17)15(20)19-6-4-10(2)9-19/h7-8,10,18H,3-6,9H2,1-2H3. The second-order valence-corrected chi connectivity index (χ2v) is 5.39. The maximum absolute atomic E-state index is 13.9. The second-order valence-electron chi connectivity index (χ2n) is 5.39. The first kappa shape index (κ1) is 14.8. The average molecular weight is 282 g/mol. The summed E-state index contributed by atoms with van der Waals surface area (Å²) >= 11 is 0. The first-order valence-electron chi connectivity index (χ1n) is 7.05. The van der Waals surface area contributed by atoms with Gasteiger partial charge < -0.3 is 10.2 Å². The van der Waals surface area contributed by atoms with E-state index in [1.807, 2.05) is 6.92 Å². The number of amides is 1. The van der Waals surface area contributed by atoms with E-state index in [1.165, 1.54) is 0 Å². The van der Waals surface area contributed by atoms with Gasteiger partial charge in [0.25, 0.3) is 5.91 Å². The zero-order chi connectivity index (χ0) is 14.7. The number of anilines is 1. The Morgan fingerprint density at radius 2 is 2.05 bits per heavy atom. The van der Waals surface area contributed by atoms with Crippen molar-refractivity contribution in [3.8, 4) is 0 Å².